The molecule has 0 radical (unpaired) electrons. The molecule has 5 nitrogen and oxygen atoms in total. The second kappa shape index (κ2) is 6.36. The fourth-order valence-electron chi connectivity index (χ4n) is 3.71. The molecule has 0 spiro atoms. The summed E-state index contributed by atoms with van der Waals surface area (Å²) in [6.07, 6.45) is 4.51. The number of carbonyl (C=O) groups is 2. The molecule has 2 atom stereocenters. The van der Waals surface area contributed by atoms with Crippen molar-refractivity contribution in [1.29, 1.82) is 0 Å². The van der Waals surface area contributed by atoms with E-state index in [4.69, 9.17) is 0 Å². The fourth-order valence-corrected chi connectivity index (χ4v) is 4.34. The van der Waals surface area contributed by atoms with E-state index in [1.165, 1.54) is 11.3 Å². The first-order valence-corrected chi connectivity index (χ1v) is 9.16. The molecular weight excluding hydrogens is 322 g/mol. The minimum absolute atomic E-state index is 0.0530. The van der Waals surface area contributed by atoms with Gasteiger partial charge in [-0.05, 0) is 35.4 Å². The first-order valence-electron chi connectivity index (χ1n) is 8.21. The van der Waals surface area contributed by atoms with Gasteiger partial charge in [0.2, 0.25) is 5.91 Å². The lowest BCUT2D eigenvalue weighted by molar-refractivity contribution is -0.140. The van der Waals surface area contributed by atoms with Crippen molar-refractivity contribution in [2.75, 3.05) is 19.6 Å². The van der Waals surface area contributed by atoms with Crippen LogP contribution in [0.25, 0.3) is 0 Å². The van der Waals surface area contributed by atoms with Crippen molar-refractivity contribution in [2.24, 2.45) is 11.8 Å². The third kappa shape index (κ3) is 2.82. The maximum atomic E-state index is 12.8. The van der Waals surface area contributed by atoms with Crippen LogP contribution < -0.4 is 0 Å². The second-order valence-corrected chi connectivity index (χ2v) is 7.28. The molecule has 0 N–H and O–H groups in total. The normalized spacial score (nSPS) is 23.4. The highest BCUT2D eigenvalue weighted by atomic mass is 32.1. The predicted octanol–water partition coefficient (Wildman–Crippen LogP) is 2.26. The number of amides is 2. The number of likely N-dealkylation sites (tertiary alicyclic amines) is 2. The van der Waals surface area contributed by atoms with Crippen LogP contribution in [0.2, 0.25) is 0 Å². The Hall–Kier alpha value is -2.21. The van der Waals surface area contributed by atoms with E-state index < -0.39 is 0 Å². The van der Waals surface area contributed by atoms with E-state index in [1.54, 1.807) is 12.4 Å². The van der Waals surface area contributed by atoms with Gasteiger partial charge in [0.05, 0.1) is 11.5 Å². The highest BCUT2D eigenvalue weighted by Crippen LogP contribution is 2.33. The minimum Gasteiger partial charge on any atom is -0.338 e. The summed E-state index contributed by atoms with van der Waals surface area (Å²) in [6.45, 7) is 2.61. The quantitative estimate of drug-likeness (QED) is 0.860. The average Bonchev–Trinajstić information content (AvgIpc) is 3.27. The van der Waals surface area contributed by atoms with Crippen LogP contribution in [-0.4, -0.2) is 46.2 Å². The molecule has 0 bridgehead atoms. The first-order chi connectivity index (χ1) is 11.7. The molecule has 2 aromatic heterocycles. The number of hydrogen-bond donors (Lipinski definition) is 0. The SMILES string of the molecule is O=C(c1ccsc1)N1CC2CCN(Cc3cccnc3)C(=O)C2C1. The van der Waals surface area contributed by atoms with Crippen molar-refractivity contribution in [3.63, 3.8) is 0 Å². The summed E-state index contributed by atoms with van der Waals surface area (Å²) >= 11 is 1.53. The van der Waals surface area contributed by atoms with Gasteiger partial charge in [0.25, 0.3) is 5.91 Å². The first kappa shape index (κ1) is 15.3. The Balaban J connectivity index is 1.44. The number of thiophene rings is 1. The van der Waals surface area contributed by atoms with Gasteiger partial charge in [-0.2, -0.15) is 11.3 Å². The summed E-state index contributed by atoms with van der Waals surface area (Å²) in [5, 5.41) is 3.79. The molecule has 2 saturated heterocycles. The molecule has 6 heteroatoms. The Morgan fingerprint density at radius 1 is 1.33 bits per heavy atom. The molecule has 0 aliphatic carbocycles. The Morgan fingerprint density at radius 3 is 3.00 bits per heavy atom. The van der Waals surface area contributed by atoms with E-state index in [0.717, 1.165) is 24.1 Å². The minimum atomic E-state index is -0.0574. The Kier molecular flexibility index (Phi) is 4.06. The molecule has 2 aliphatic rings. The van der Waals surface area contributed by atoms with Crippen LogP contribution in [0.15, 0.2) is 41.4 Å². The number of aromatic nitrogens is 1. The molecular formula is C18H19N3O2S. The molecule has 4 rings (SSSR count). The van der Waals surface area contributed by atoms with Gasteiger partial charge in [-0.3, -0.25) is 14.6 Å². The van der Waals surface area contributed by atoms with Crippen LogP contribution >= 0.6 is 11.3 Å². The lowest BCUT2D eigenvalue weighted by atomic mass is 9.88. The Morgan fingerprint density at radius 2 is 2.25 bits per heavy atom. The summed E-state index contributed by atoms with van der Waals surface area (Å²) in [7, 11) is 0. The van der Waals surface area contributed by atoms with Gasteiger partial charge in [0.1, 0.15) is 0 Å². The molecule has 2 aliphatic heterocycles. The lowest BCUT2D eigenvalue weighted by Gasteiger charge is -2.33. The van der Waals surface area contributed by atoms with Gasteiger partial charge in [-0.25, -0.2) is 0 Å². The highest BCUT2D eigenvalue weighted by Gasteiger charge is 2.44. The van der Waals surface area contributed by atoms with Crippen LogP contribution in [0, 0.1) is 11.8 Å². The summed E-state index contributed by atoms with van der Waals surface area (Å²) in [5.41, 5.74) is 1.78. The van der Waals surface area contributed by atoms with Crippen LogP contribution in [0.3, 0.4) is 0 Å². The maximum absolute atomic E-state index is 12.8. The third-order valence-electron chi connectivity index (χ3n) is 4.99. The molecule has 2 unspecified atom stereocenters. The van der Waals surface area contributed by atoms with Gasteiger partial charge in [0, 0.05) is 44.0 Å². The van der Waals surface area contributed by atoms with Crippen molar-refractivity contribution >= 4 is 23.2 Å². The third-order valence-corrected chi connectivity index (χ3v) is 5.67. The summed E-state index contributed by atoms with van der Waals surface area (Å²) < 4.78 is 0. The molecule has 0 saturated carbocycles. The van der Waals surface area contributed by atoms with E-state index in [-0.39, 0.29) is 17.7 Å². The fraction of sp³-hybridized carbons (Fsp3) is 0.389. The van der Waals surface area contributed by atoms with Crippen LogP contribution in [-0.2, 0) is 11.3 Å². The summed E-state index contributed by atoms with van der Waals surface area (Å²) in [4.78, 5) is 33.2. The maximum Gasteiger partial charge on any atom is 0.254 e. The van der Waals surface area contributed by atoms with Crippen LogP contribution in [0.5, 0.6) is 0 Å². The summed E-state index contributed by atoms with van der Waals surface area (Å²) in [6, 6.07) is 5.74. The highest BCUT2D eigenvalue weighted by molar-refractivity contribution is 7.08. The van der Waals surface area contributed by atoms with Gasteiger partial charge in [0.15, 0.2) is 0 Å². The second-order valence-electron chi connectivity index (χ2n) is 6.50. The van der Waals surface area contributed by atoms with E-state index in [9.17, 15) is 9.59 Å². The predicted molar refractivity (Wildman–Crippen MR) is 91.5 cm³/mol. The van der Waals surface area contributed by atoms with Crippen molar-refractivity contribution in [1.82, 2.24) is 14.8 Å². The zero-order chi connectivity index (χ0) is 16.5. The van der Waals surface area contributed by atoms with E-state index in [1.807, 2.05) is 38.8 Å². The molecule has 24 heavy (non-hydrogen) atoms. The number of fused-ring (bicyclic) bond motifs is 1. The van der Waals surface area contributed by atoms with Gasteiger partial charge in [-0.1, -0.05) is 6.07 Å². The summed E-state index contributed by atoms with van der Waals surface area (Å²) in [5.74, 6) is 0.469. The molecule has 2 fully saturated rings. The monoisotopic (exact) mass is 341 g/mol. The molecule has 2 aromatic rings. The average molecular weight is 341 g/mol. The van der Waals surface area contributed by atoms with Gasteiger partial charge in [-0.15, -0.1) is 0 Å². The number of pyridine rings is 1. The molecule has 124 valence electrons. The number of nitrogens with zero attached hydrogens (tertiary/aromatic N) is 3. The smallest absolute Gasteiger partial charge is 0.254 e. The van der Waals surface area contributed by atoms with Crippen molar-refractivity contribution < 1.29 is 9.59 Å². The molecule has 4 heterocycles. The standard InChI is InChI=1S/C18H19N3O2S/c22-17(15-4-7-24-12-15)21-10-14-3-6-20(18(23)16(14)11-21)9-13-2-1-5-19-8-13/h1-2,4-5,7-8,12,14,16H,3,6,9-11H2. The van der Waals surface area contributed by atoms with Crippen molar-refractivity contribution in [3.8, 4) is 0 Å². The zero-order valence-electron chi connectivity index (χ0n) is 13.3. The Labute approximate surface area is 144 Å². The van der Waals surface area contributed by atoms with E-state index in [2.05, 4.69) is 4.98 Å². The largest absolute Gasteiger partial charge is 0.338 e. The van der Waals surface area contributed by atoms with Crippen molar-refractivity contribution in [2.45, 2.75) is 13.0 Å². The topological polar surface area (TPSA) is 53.5 Å². The number of rotatable bonds is 3. The number of piperidine rings is 1. The Bertz CT molecular complexity index is 732. The van der Waals surface area contributed by atoms with Crippen LogP contribution in [0.4, 0.5) is 0 Å². The number of carbonyl (C=O) groups excluding carboxylic acids is 2. The molecule has 0 aromatic carbocycles. The van der Waals surface area contributed by atoms with Gasteiger partial charge < -0.3 is 9.80 Å². The van der Waals surface area contributed by atoms with Crippen molar-refractivity contribution in [3.05, 3.63) is 52.5 Å². The van der Waals surface area contributed by atoms with Gasteiger partial charge >= 0.3 is 0 Å². The zero-order valence-corrected chi connectivity index (χ0v) is 14.1. The van der Waals surface area contributed by atoms with E-state index >= 15 is 0 Å². The lowest BCUT2D eigenvalue weighted by Crippen LogP contribution is -2.44. The van der Waals surface area contributed by atoms with Crippen LogP contribution in [0.1, 0.15) is 22.3 Å². The number of hydrogen-bond acceptors (Lipinski definition) is 4. The molecule has 2 amide bonds. The van der Waals surface area contributed by atoms with E-state index in [0.29, 0.717) is 25.6 Å².